The summed E-state index contributed by atoms with van der Waals surface area (Å²) in [5.74, 6) is 4.06. The third-order valence-corrected chi connectivity index (χ3v) is 9.03. The first kappa shape index (κ1) is 22.3. The van der Waals surface area contributed by atoms with Crippen LogP contribution in [0.15, 0.2) is 24.3 Å². The number of ether oxygens (including phenoxy) is 2. The third-order valence-electron chi connectivity index (χ3n) is 9.03. The van der Waals surface area contributed by atoms with Crippen molar-refractivity contribution in [3.8, 4) is 11.5 Å². The normalized spacial score (nSPS) is 36.3. The molecule has 0 saturated heterocycles. The highest BCUT2D eigenvalue weighted by Crippen LogP contribution is 2.60. The molecule has 0 spiro atoms. The lowest BCUT2D eigenvalue weighted by Gasteiger charge is -2.55. The first-order valence-corrected chi connectivity index (χ1v) is 13.2. The maximum absolute atomic E-state index is 13.4. The Labute approximate surface area is 202 Å². The van der Waals surface area contributed by atoms with Gasteiger partial charge in [-0.2, -0.15) is 0 Å². The Morgan fingerprint density at radius 1 is 1.09 bits per heavy atom. The van der Waals surface area contributed by atoms with E-state index in [0.717, 1.165) is 72.6 Å². The van der Waals surface area contributed by atoms with Crippen LogP contribution >= 0.6 is 0 Å². The summed E-state index contributed by atoms with van der Waals surface area (Å²) in [5, 5.41) is 3.28. The summed E-state index contributed by atoms with van der Waals surface area (Å²) in [7, 11) is 1.68. The fourth-order valence-electron chi connectivity index (χ4n) is 7.72. The number of amides is 1. The summed E-state index contributed by atoms with van der Waals surface area (Å²) in [6.45, 7) is 2.48. The second-order valence-electron chi connectivity index (χ2n) is 11.8. The van der Waals surface area contributed by atoms with Gasteiger partial charge in [-0.1, -0.05) is 0 Å². The zero-order valence-corrected chi connectivity index (χ0v) is 20.5. The number of hydroxylamine groups is 1. The van der Waals surface area contributed by atoms with E-state index >= 15 is 0 Å². The fourth-order valence-corrected chi connectivity index (χ4v) is 7.72. The molecule has 1 unspecified atom stereocenters. The van der Waals surface area contributed by atoms with Crippen molar-refractivity contribution in [1.82, 2.24) is 10.8 Å². The predicted octanol–water partition coefficient (Wildman–Crippen LogP) is 4.98. The largest absolute Gasteiger partial charge is 0.493 e. The highest BCUT2D eigenvalue weighted by molar-refractivity contribution is 5.83. The van der Waals surface area contributed by atoms with Gasteiger partial charge in [0.05, 0.1) is 25.5 Å². The second-order valence-corrected chi connectivity index (χ2v) is 11.8. The fraction of sp³-hybridized carbons (Fsp3) is 0.679. The molecule has 5 saturated carbocycles. The monoisotopic (exact) mass is 466 g/mol. The summed E-state index contributed by atoms with van der Waals surface area (Å²) in [6.07, 6.45) is 14.3. The van der Waals surface area contributed by atoms with Gasteiger partial charge in [-0.25, -0.2) is 0 Å². The van der Waals surface area contributed by atoms with E-state index in [9.17, 15) is 4.79 Å². The molecular formula is C28H38N2O4. The molecule has 6 aliphatic rings. The van der Waals surface area contributed by atoms with Crippen molar-refractivity contribution in [1.29, 1.82) is 0 Å². The number of rotatable bonds is 7. The topological polar surface area (TPSA) is 68.8 Å². The van der Waals surface area contributed by atoms with E-state index in [-0.39, 0.29) is 17.4 Å². The van der Waals surface area contributed by atoms with E-state index in [2.05, 4.69) is 16.9 Å². The molecule has 7 rings (SSSR count). The van der Waals surface area contributed by atoms with Crippen molar-refractivity contribution in [3.63, 3.8) is 0 Å². The first-order chi connectivity index (χ1) is 16.4. The highest BCUT2D eigenvalue weighted by Gasteiger charge is 2.54. The molecular weight excluding hydrogens is 428 g/mol. The van der Waals surface area contributed by atoms with Gasteiger partial charge < -0.3 is 14.8 Å². The molecule has 1 atom stereocenters. The third kappa shape index (κ3) is 4.08. The van der Waals surface area contributed by atoms with Crippen LogP contribution in [0.3, 0.4) is 0 Å². The minimum absolute atomic E-state index is 0.133. The minimum atomic E-state index is -0.598. The van der Waals surface area contributed by atoms with Gasteiger partial charge in [0.25, 0.3) is 0 Å². The zero-order valence-electron chi connectivity index (χ0n) is 20.5. The molecule has 2 N–H and O–H groups in total. The molecule has 0 radical (unpaired) electrons. The number of carbonyl (C=O) groups is 1. The lowest BCUT2D eigenvalue weighted by atomic mass is 9.49. The Balaban J connectivity index is 1.13. The van der Waals surface area contributed by atoms with Crippen LogP contribution in [0, 0.1) is 23.2 Å². The zero-order chi connectivity index (χ0) is 23.3. The standard InChI is InChI=1S/C28H38N2O4/c1-27(17-29-26(31)28-13-18-9-19(14-28)11-20(10-18)15-28)16-23(30-34-27)21-7-8-24(32-2)25(12-21)33-22-5-3-4-6-22/h7-8,12,16,18-20,22,30H,3-6,9-11,13-15,17H2,1-2H3,(H,29,31). The number of nitrogens with one attached hydrogen (secondary N) is 2. The predicted molar refractivity (Wildman–Crippen MR) is 130 cm³/mol. The summed E-state index contributed by atoms with van der Waals surface area (Å²) in [5.41, 5.74) is 4.25. The molecule has 34 heavy (non-hydrogen) atoms. The number of hydrogen-bond donors (Lipinski definition) is 2. The van der Waals surface area contributed by atoms with Crippen LogP contribution in [0.2, 0.25) is 0 Å². The van der Waals surface area contributed by atoms with Gasteiger partial charge in [0, 0.05) is 11.0 Å². The summed E-state index contributed by atoms with van der Waals surface area (Å²) in [4.78, 5) is 19.4. The lowest BCUT2D eigenvalue weighted by Crippen LogP contribution is -2.55. The van der Waals surface area contributed by atoms with Crippen LogP contribution < -0.4 is 20.3 Å². The van der Waals surface area contributed by atoms with Crippen LogP contribution in [0.25, 0.3) is 5.70 Å². The van der Waals surface area contributed by atoms with Crippen molar-refractivity contribution in [2.24, 2.45) is 23.2 Å². The van der Waals surface area contributed by atoms with Crippen molar-refractivity contribution in [2.75, 3.05) is 13.7 Å². The van der Waals surface area contributed by atoms with Crippen molar-refractivity contribution in [2.45, 2.75) is 82.8 Å². The van der Waals surface area contributed by atoms with E-state index < -0.39 is 5.60 Å². The van der Waals surface area contributed by atoms with Crippen LogP contribution in [-0.4, -0.2) is 31.3 Å². The SMILES string of the molecule is COc1ccc(C2=CC(C)(CNC(=O)C34CC5CC(CC(C5)C3)C4)ON2)cc1OC1CCCC1. The molecule has 6 nitrogen and oxygen atoms in total. The summed E-state index contributed by atoms with van der Waals surface area (Å²) >= 11 is 0. The number of methoxy groups -OCH3 is 1. The molecule has 1 aromatic carbocycles. The molecule has 1 heterocycles. The van der Waals surface area contributed by atoms with E-state index in [1.165, 1.54) is 32.1 Å². The second kappa shape index (κ2) is 8.47. The van der Waals surface area contributed by atoms with Gasteiger partial charge in [-0.3, -0.25) is 15.1 Å². The Bertz CT molecular complexity index is 947. The average Bonchev–Trinajstić information content (AvgIpc) is 3.47. The van der Waals surface area contributed by atoms with Crippen molar-refractivity contribution in [3.05, 3.63) is 29.8 Å². The Kier molecular flexibility index (Phi) is 5.55. The van der Waals surface area contributed by atoms with Crippen LogP contribution in [0.4, 0.5) is 0 Å². The maximum atomic E-state index is 13.4. The molecule has 5 aliphatic carbocycles. The van der Waals surface area contributed by atoms with E-state index in [4.69, 9.17) is 14.3 Å². The number of benzene rings is 1. The highest BCUT2D eigenvalue weighted by atomic mass is 16.7. The number of carbonyl (C=O) groups excluding carboxylic acids is 1. The van der Waals surface area contributed by atoms with Crippen molar-refractivity contribution < 1.29 is 19.1 Å². The molecule has 184 valence electrons. The quantitative estimate of drug-likeness (QED) is 0.593. The summed E-state index contributed by atoms with van der Waals surface area (Å²) in [6, 6.07) is 5.99. The van der Waals surface area contributed by atoms with Gasteiger partial charge in [0.2, 0.25) is 5.91 Å². The van der Waals surface area contributed by atoms with E-state index in [0.29, 0.717) is 6.54 Å². The Hall–Kier alpha value is -2.21. The van der Waals surface area contributed by atoms with Gasteiger partial charge >= 0.3 is 0 Å². The summed E-state index contributed by atoms with van der Waals surface area (Å²) < 4.78 is 11.8. The smallest absolute Gasteiger partial charge is 0.226 e. The van der Waals surface area contributed by atoms with Gasteiger partial charge in [0.15, 0.2) is 11.5 Å². The van der Waals surface area contributed by atoms with Crippen LogP contribution in [0.5, 0.6) is 11.5 Å². The Morgan fingerprint density at radius 3 is 2.41 bits per heavy atom. The van der Waals surface area contributed by atoms with E-state index in [1.807, 2.05) is 25.1 Å². The average molecular weight is 467 g/mol. The minimum Gasteiger partial charge on any atom is -0.493 e. The number of hydrogen-bond acceptors (Lipinski definition) is 5. The van der Waals surface area contributed by atoms with E-state index in [1.54, 1.807) is 7.11 Å². The van der Waals surface area contributed by atoms with Crippen LogP contribution in [0.1, 0.15) is 76.7 Å². The molecule has 4 bridgehead atoms. The lowest BCUT2D eigenvalue weighted by molar-refractivity contribution is -0.147. The molecule has 1 aliphatic heterocycles. The van der Waals surface area contributed by atoms with Gasteiger partial charge in [0.1, 0.15) is 5.60 Å². The molecule has 5 fully saturated rings. The van der Waals surface area contributed by atoms with Crippen molar-refractivity contribution >= 4 is 11.6 Å². The molecule has 6 heteroatoms. The molecule has 1 amide bonds. The molecule has 0 aromatic heterocycles. The first-order valence-electron chi connectivity index (χ1n) is 13.2. The molecule has 1 aromatic rings. The van der Waals surface area contributed by atoms with Gasteiger partial charge in [-0.05, 0) is 113 Å². The maximum Gasteiger partial charge on any atom is 0.226 e. The van der Waals surface area contributed by atoms with Crippen LogP contribution in [-0.2, 0) is 9.63 Å². The van der Waals surface area contributed by atoms with Gasteiger partial charge in [-0.15, -0.1) is 0 Å². The Morgan fingerprint density at radius 2 is 1.76 bits per heavy atom.